The van der Waals surface area contributed by atoms with Gasteiger partial charge in [0.05, 0.1) is 19.3 Å². The maximum absolute atomic E-state index is 10.9. The highest BCUT2D eigenvalue weighted by Gasteiger charge is 2.26. The van der Waals surface area contributed by atoms with Gasteiger partial charge in [0.15, 0.2) is 0 Å². The third-order valence-electron chi connectivity index (χ3n) is 2.10. The van der Waals surface area contributed by atoms with E-state index in [0.29, 0.717) is 0 Å². The van der Waals surface area contributed by atoms with Crippen molar-refractivity contribution in [1.29, 1.82) is 0 Å². The van der Waals surface area contributed by atoms with Crippen molar-refractivity contribution < 1.29 is 19.7 Å². The molecule has 84 valence electrons. The zero-order chi connectivity index (χ0) is 11.2. The highest BCUT2D eigenvalue weighted by Crippen LogP contribution is 2.12. The first-order chi connectivity index (χ1) is 6.49. The molecule has 14 heavy (non-hydrogen) atoms. The lowest BCUT2D eigenvalue weighted by atomic mass is 9.96. The van der Waals surface area contributed by atoms with E-state index in [0.717, 1.165) is 0 Å². The average molecular weight is 206 g/mol. The number of carbonyl (C=O) groups excluding carboxylic acids is 1. The maximum atomic E-state index is 10.9. The van der Waals surface area contributed by atoms with Crippen LogP contribution < -0.4 is 11.5 Å². The van der Waals surface area contributed by atoms with Gasteiger partial charge >= 0.3 is 5.97 Å². The van der Waals surface area contributed by atoms with E-state index in [1.165, 1.54) is 7.11 Å². The van der Waals surface area contributed by atoms with Gasteiger partial charge in [-0.2, -0.15) is 0 Å². The Morgan fingerprint density at radius 1 is 1.64 bits per heavy atom. The van der Waals surface area contributed by atoms with Gasteiger partial charge in [-0.05, 0) is 12.8 Å². The summed E-state index contributed by atoms with van der Waals surface area (Å²) in [5.74, 6) is -0.540. The largest absolute Gasteiger partial charge is 0.468 e. The summed E-state index contributed by atoms with van der Waals surface area (Å²) < 4.78 is 4.41. The van der Waals surface area contributed by atoms with Crippen LogP contribution in [0.4, 0.5) is 0 Å². The number of aliphatic hydroxyl groups is 2. The molecule has 0 amide bonds. The van der Waals surface area contributed by atoms with E-state index in [-0.39, 0.29) is 19.4 Å². The number of rotatable bonds is 6. The van der Waals surface area contributed by atoms with Crippen LogP contribution in [0, 0.1) is 0 Å². The minimum atomic E-state index is -1.36. The van der Waals surface area contributed by atoms with Crippen LogP contribution in [-0.4, -0.2) is 48.1 Å². The summed E-state index contributed by atoms with van der Waals surface area (Å²) in [5.41, 5.74) is 9.33. The Bertz CT molecular complexity index is 182. The molecule has 0 aliphatic carbocycles. The summed E-state index contributed by atoms with van der Waals surface area (Å²) in [6, 6.07) is -0.787. The molecule has 0 aliphatic heterocycles. The van der Waals surface area contributed by atoms with Crippen LogP contribution in [0.25, 0.3) is 0 Å². The average Bonchev–Trinajstić information content (AvgIpc) is 2.24. The Labute approximate surface area is 82.8 Å². The molecule has 6 nitrogen and oxygen atoms in total. The van der Waals surface area contributed by atoms with Crippen LogP contribution in [0.5, 0.6) is 0 Å². The monoisotopic (exact) mass is 206 g/mol. The first-order valence-corrected chi connectivity index (χ1v) is 4.36. The predicted molar refractivity (Wildman–Crippen MR) is 50.3 cm³/mol. The molecular formula is C8H18N2O4. The fourth-order valence-electron chi connectivity index (χ4n) is 0.939. The number of nitrogens with two attached hydrogens (primary N) is 2. The second-order valence-electron chi connectivity index (χ2n) is 3.25. The second kappa shape index (κ2) is 5.92. The second-order valence-corrected chi connectivity index (χ2v) is 3.25. The zero-order valence-electron chi connectivity index (χ0n) is 8.27. The Morgan fingerprint density at radius 3 is 2.57 bits per heavy atom. The number of methoxy groups -OCH3 is 1. The third kappa shape index (κ3) is 4.01. The standard InChI is InChI=1S/C8H18N2O4/c1-14-7(12)6(10)2-3-8(13,4-9)5-11/h6,11,13H,2-5,9-10H2,1H3. The van der Waals surface area contributed by atoms with E-state index in [4.69, 9.17) is 16.6 Å². The minimum Gasteiger partial charge on any atom is -0.468 e. The number of carbonyl (C=O) groups is 1. The maximum Gasteiger partial charge on any atom is 0.322 e. The van der Waals surface area contributed by atoms with E-state index in [9.17, 15) is 9.90 Å². The molecule has 6 N–H and O–H groups in total. The summed E-state index contributed by atoms with van der Waals surface area (Å²) in [6.07, 6.45) is 0.386. The summed E-state index contributed by atoms with van der Waals surface area (Å²) in [6.45, 7) is -0.519. The summed E-state index contributed by atoms with van der Waals surface area (Å²) >= 11 is 0. The molecule has 0 aromatic carbocycles. The molecule has 0 saturated carbocycles. The molecule has 0 rings (SSSR count). The number of ether oxygens (including phenoxy) is 1. The van der Waals surface area contributed by atoms with Gasteiger partial charge in [0.25, 0.3) is 0 Å². The molecule has 0 aromatic heterocycles. The normalized spacial score (nSPS) is 17.2. The molecule has 0 aliphatic rings. The van der Waals surface area contributed by atoms with Crippen molar-refractivity contribution in [3.63, 3.8) is 0 Å². The molecule has 0 heterocycles. The van der Waals surface area contributed by atoms with Crippen LogP contribution in [0.3, 0.4) is 0 Å². The van der Waals surface area contributed by atoms with Crippen LogP contribution >= 0.6 is 0 Å². The van der Waals surface area contributed by atoms with Crippen LogP contribution in [0.2, 0.25) is 0 Å². The Kier molecular flexibility index (Phi) is 5.63. The highest BCUT2D eigenvalue weighted by molar-refractivity contribution is 5.75. The quantitative estimate of drug-likeness (QED) is 0.371. The first-order valence-electron chi connectivity index (χ1n) is 4.36. The van der Waals surface area contributed by atoms with Crippen molar-refractivity contribution in [2.75, 3.05) is 20.3 Å². The minimum absolute atomic E-state index is 0.0720. The van der Waals surface area contributed by atoms with Gasteiger partial charge in [-0.15, -0.1) is 0 Å². The molecule has 0 radical (unpaired) electrons. The summed E-state index contributed by atoms with van der Waals surface area (Å²) in [4.78, 5) is 10.9. The fraction of sp³-hybridized carbons (Fsp3) is 0.875. The number of hydrogen-bond acceptors (Lipinski definition) is 6. The van der Waals surface area contributed by atoms with E-state index in [1.807, 2.05) is 0 Å². The SMILES string of the molecule is COC(=O)C(N)CCC(O)(CN)CO. The van der Waals surface area contributed by atoms with Crippen molar-refractivity contribution in [3.05, 3.63) is 0 Å². The topological polar surface area (TPSA) is 119 Å². The lowest BCUT2D eigenvalue weighted by molar-refractivity contribution is -0.142. The van der Waals surface area contributed by atoms with Crippen LogP contribution in [-0.2, 0) is 9.53 Å². The lowest BCUT2D eigenvalue weighted by Crippen LogP contribution is -2.43. The van der Waals surface area contributed by atoms with Crippen molar-refractivity contribution in [3.8, 4) is 0 Å². The third-order valence-corrected chi connectivity index (χ3v) is 2.10. The molecule has 0 aromatic rings. The van der Waals surface area contributed by atoms with Gasteiger partial charge in [-0.3, -0.25) is 4.79 Å². The molecular weight excluding hydrogens is 188 g/mol. The van der Waals surface area contributed by atoms with E-state index in [2.05, 4.69) is 4.74 Å². The van der Waals surface area contributed by atoms with E-state index in [1.54, 1.807) is 0 Å². The van der Waals surface area contributed by atoms with Crippen LogP contribution in [0.15, 0.2) is 0 Å². The van der Waals surface area contributed by atoms with Crippen molar-refractivity contribution in [2.45, 2.75) is 24.5 Å². The Hall–Kier alpha value is -0.690. The van der Waals surface area contributed by atoms with Crippen molar-refractivity contribution in [2.24, 2.45) is 11.5 Å². The molecule has 0 bridgehead atoms. The summed E-state index contributed by atoms with van der Waals surface area (Å²) in [5, 5.41) is 18.4. The zero-order valence-corrected chi connectivity index (χ0v) is 8.27. The number of aliphatic hydroxyl groups excluding tert-OH is 1. The van der Waals surface area contributed by atoms with Gasteiger partial charge in [-0.1, -0.05) is 0 Å². The molecule has 0 fully saturated rings. The van der Waals surface area contributed by atoms with Crippen LogP contribution in [0.1, 0.15) is 12.8 Å². The highest BCUT2D eigenvalue weighted by atomic mass is 16.5. The Morgan fingerprint density at radius 2 is 2.21 bits per heavy atom. The van der Waals surface area contributed by atoms with Gasteiger partial charge in [-0.25, -0.2) is 0 Å². The molecule has 6 heteroatoms. The molecule has 0 spiro atoms. The molecule has 2 atom stereocenters. The number of esters is 1. The van der Waals surface area contributed by atoms with E-state index < -0.39 is 24.2 Å². The van der Waals surface area contributed by atoms with Crippen molar-refractivity contribution in [1.82, 2.24) is 0 Å². The summed E-state index contributed by atoms with van der Waals surface area (Å²) in [7, 11) is 1.24. The molecule has 2 unspecified atom stereocenters. The first kappa shape index (κ1) is 13.3. The van der Waals surface area contributed by atoms with Gasteiger partial charge in [0, 0.05) is 6.54 Å². The van der Waals surface area contributed by atoms with E-state index >= 15 is 0 Å². The number of hydrogen-bond donors (Lipinski definition) is 4. The lowest BCUT2D eigenvalue weighted by Gasteiger charge is -2.24. The smallest absolute Gasteiger partial charge is 0.322 e. The van der Waals surface area contributed by atoms with Crippen molar-refractivity contribution >= 4 is 5.97 Å². The molecule has 0 saturated heterocycles. The Balaban J connectivity index is 3.97. The van der Waals surface area contributed by atoms with Gasteiger partial charge in [0.1, 0.15) is 6.04 Å². The predicted octanol–water partition coefficient (Wildman–Crippen LogP) is -2.05. The fourth-order valence-corrected chi connectivity index (χ4v) is 0.939. The van der Waals surface area contributed by atoms with Gasteiger partial charge < -0.3 is 26.4 Å². The van der Waals surface area contributed by atoms with Gasteiger partial charge in [0.2, 0.25) is 0 Å².